The third kappa shape index (κ3) is 2.63. The van der Waals surface area contributed by atoms with Crippen LogP contribution in [0.3, 0.4) is 0 Å². The normalized spacial score (nSPS) is 14.2. The molecule has 0 radical (unpaired) electrons. The molecule has 0 bridgehead atoms. The summed E-state index contributed by atoms with van der Waals surface area (Å²) < 4.78 is 47.3. The molecule has 0 aliphatic carbocycles. The van der Waals surface area contributed by atoms with Crippen LogP contribution in [0.25, 0.3) is 0 Å². The Kier molecular flexibility index (Phi) is 2.87. The summed E-state index contributed by atoms with van der Waals surface area (Å²) >= 11 is -1.37. The zero-order chi connectivity index (χ0) is 10.1. The van der Waals surface area contributed by atoms with Crippen LogP contribution in [0.15, 0.2) is 29.2 Å². The molecule has 1 aromatic carbocycles. The van der Waals surface area contributed by atoms with Crippen molar-refractivity contribution in [3.05, 3.63) is 29.8 Å². The SMILES string of the molecule is C[S+]([O-])c1cccc(C(F)(F)F)c1. The molecule has 0 fully saturated rings. The van der Waals surface area contributed by atoms with E-state index in [1.165, 1.54) is 18.4 Å². The molecule has 0 heterocycles. The fraction of sp³-hybridized carbons (Fsp3) is 0.250. The molecule has 0 N–H and O–H groups in total. The lowest BCUT2D eigenvalue weighted by atomic mass is 10.2. The zero-order valence-electron chi connectivity index (χ0n) is 6.76. The predicted molar refractivity (Wildman–Crippen MR) is 43.8 cm³/mol. The molecule has 1 unspecified atom stereocenters. The van der Waals surface area contributed by atoms with Crippen LogP contribution in [-0.4, -0.2) is 10.8 Å². The summed E-state index contributed by atoms with van der Waals surface area (Å²) in [6.07, 6.45) is -3.02. The number of rotatable bonds is 1. The second-order valence-corrected chi connectivity index (χ2v) is 3.86. The second-order valence-electron chi connectivity index (χ2n) is 2.48. The number of hydrogen-bond acceptors (Lipinski definition) is 1. The molecule has 1 rings (SSSR count). The molecule has 0 saturated heterocycles. The molecule has 5 heteroatoms. The molecule has 0 aromatic heterocycles. The Morgan fingerprint density at radius 3 is 2.38 bits per heavy atom. The first kappa shape index (κ1) is 10.4. The highest BCUT2D eigenvalue weighted by molar-refractivity contribution is 7.90. The van der Waals surface area contributed by atoms with Crippen molar-refractivity contribution in [3.63, 3.8) is 0 Å². The lowest BCUT2D eigenvalue weighted by Gasteiger charge is -2.08. The quantitative estimate of drug-likeness (QED) is 0.650. The van der Waals surface area contributed by atoms with Gasteiger partial charge >= 0.3 is 6.18 Å². The Morgan fingerprint density at radius 1 is 1.31 bits per heavy atom. The summed E-state index contributed by atoms with van der Waals surface area (Å²) in [5.74, 6) is 0. The first-order valence-corrected chi connectivity index (χ1v) is 4.98. The molecular weight excluding hydrogens is 201 g/mol. The van der Waals surface area contributed by atoms with Crippen molar-refractivity contribution in [2.24, 2.45) is 0 Å². The summed E-state index contributed by atoms with van der Waals surface area (Å²) in [6, 6.07) is 4.51. The maximum absolute atomic E-state index is 12.1. The molecule has 0 aliphatic heterocycles. The molecule has 1 aromatic rings. The molecule has 0 amide bonds. The van der Waals surface area contributed by atoms with Crippen molar-refractivity contribution < 1.29 is 17.7 Å². The Balaban J connectivity index is 3.06. The average Bonchev–Trinajstić information content (AvgIpc) is 2.03. The van der Waals surface area contributed by atoms with E-state index in [1.807, 2.05) is 0 Å². The lowest BCUT2D eigenvalue weighted by molar-refractivity contribution is -0.137. The first-order chi connectivity index (χ1) is 5.91. The molecule has 1 atom stereocenters. The topological polar surface area (TPSA) is 23.1 Å². The van der Waals surface area contributed by atoms with Gasteiger partial charge in [-0.3, -0.25) is 0 Å². The monoisotopic (exact) mass is 208 g/mol. The Hall–Kier alpha value is -0.680. The minimum atomic E-state index is -4.37. The molecule has 13 heavy (non-hydrogen) atoms. The van der Waals surface area contributed by atoms with Crippen molar-refractivity contribution in [2.45, 2.75) is 11.1 Å². The van der Waals surface area contributed by atoms with Crippen LogP contribution in [-0.2, 0) is 17.4 Å². The van der Waals surface area contributed by atoms with Crippen LogP contribution in [0.5, 0.6) is 0 Å². The van der Waals surface area contributed by atoms with E-state index in [-0.39, 0.29) is 4.90 Å². The molecule has 1 nitrogen and oxygen atoms in total. The van der Waals surface area contributed by atoms with Crippen molar-refractivity contribution in [1.82, 2.24) is 0 Å². The number of benzene rings is 1. The summed E-state index contributed by atoms with van der Waals surface area (Å²) in [7, 11) is 0. The predicted octanol–water partition coefficient (Wildman–Crippen LogP) is 2.44. The number of halogens is 3. The van der Waals surface area contributed by atoms with Crippen molar-refractivity contribution in [2.75, 3.05) is 6.26 Å². The van der Waals surface area contributed by atoms with Gasteiger partial charge in [0.25, 0.3) is 0 Å². The van der Waals surface area contributed by atoms with Crippen molar-refractivity contribution >= 4 is 11.2 Å². The van der Waals surface area contributed by atoms with Crippen molar-refractivity contribution in [3.8, 4) is 0 Å². The summed E-state index contributed by atoms with van der Waals surface area (Å²) in [6.45, 7) is 0. The van der Waals surface area contributed by atoms with E-state index < -0.39 is 22.9 Å². The highest BCUT2D eigenvalue weighted by Crippen LogP contribution is 2.30. The minimum absolute atomic E-state index is 0.190. The van der Waals surface area contributed by atoms with E-state index in [9.17, 15) is 17.7 Å². The third-order valence-corrected chi connectivity index (χ3v) is 2.41. The van der Waals surface area contributed by atoms with Gasteiger partial charge in [0.05, 0.1) is 5.56 Å². The van der Waals surface area contributed by atoms with E-state index in [4.69, 9.17) is 0 Å². The molecule has 72 valence electrons. The standard InChI is InChI=1S/C8H7F3OS/c1-13(12)7-4-2-3-6(5-7)8(9,10)11/h2-5H,1H3. The van der Waals surface area contributed by atoms with Crippen LogP contribution in [0.2, 0.25) is 0 Å². The van der Waals surface area contributed by atoms with Gasteiger partial charge in [-0.1, -0.05) is 6.07 Å². The van der Waals surface area contributed by atoms with Crippen LogP contribution in [0, 0.1) is 0 Å². The maximum atomic E-state index is 12.1. The number of hydrogen-bond donors (Lipinski definition) is 0. The lowest BCUT2D eigenvalue weighted by Crippen LogP contribution is -2.06. The van der Waals surface area contributed by atoms with Gasteiger partial charge < -0.3 is 4.55 Å². The van der Waals surface area contributed by atoms with Crippen molar-refractivity contribution in [1.29, 1.82) is 0 Å². The molecule has 0 aliphatic rings. The van der Waals surface area contributed by atoms with E-state index >= 15 is 0 Å². The Labute approximate surface area is 76.8 Å². The zero-order valence-corrected chi connectivity index (χ0v) is 7.58. The smallest absolute Gasteiger partial charge is 0.416 e. The van der Waals surface area contributed by atoms with Crippen LogP contribution in [0.1, 0.15) is 5.56 Å². The van der Waals surface area contributed by atoms with Gasteiger partial charge in [0.1, 0.15) is 6.26 Å². The van der Waals surface area contributed by atoms with E-state index in [0.717, 1.165) is 12.1 Å². The highest BCUT2D eigenvalue weighted by atomic mass is 32.2. The van der Waals surface area contributed by atoms with E-state index in [1.54, 1.807) is 0 Å². The van der Waals surface area contributed by atoms with E-state index in [0.29, 0.717) is 0 Å². The van der Waals surface area contributed by atoms with Gasteiger partial charge in [-0.2, -0.15) is 13.2 Å². The highest BCUT2D eigenvalue weighted by Gasteiger charge is 2.31. The van der Waals surface area contributed by atoms with Gasteiger partial charge in [0.2, 0.25) is 0 Å². The summed E-state index contributed by atoms with van der Waals surface area (Å²) in [5, 5.41) is 0. The summed E-state index contributed by atoms with van der Waals surface area (Å²) in [5.41, 5.74) is -0.764. The average molecular weight is 208 g/mol. The molecular formula is C8H7F3OS. The largest absolute Gasteiger partial charge is 0.612 e. The Morgan fingerprint density at radius 2 is 1.92 bits per heavy atom. The molecule has 0 spiro atoms. The molecule has 0 saturated carbocycles. The van der Waals surface area contributed by atoms with Gasteiger partial charge in [-0.05, 0) is 23.3 Å². The fourth-order valence-electron chi connectivity index (χ4n) is 0.851. The van der Waals surface area contributed by atoms with Crippen LogP contribution >= 0.6 is 0 Å². The maximum Gasteiger partial charge on any atom is 0.416 e. The van der Waals surface area contributed by atoms with Gasteiger partial charge in [0.15, 0.2) is 4.90 Å². The Bertz CT molecular complexity index is 296. The van der Waals surface area contributed by atoms with Gasteiger partial charge in [-0.25, -0.2) is 0 Å². The number of alkyl halides is 3. The first-order valence-electron chi connectivity index (χ1n) is 3.42. The van der Waals surface area contributed by atoms with E-state index in [2.05, 4.69) is 0 Å². The van der Waals surface area contributed by atoms with Gasteiger partial charge in [-0.15, -0.1) is 0 Å². The van der Waals surface area contributed by atoms with Crippen LogP contribution < -0.4 is 0 Å². The minimum Gasteiger partial charge on any atom is -0.612 e. The fourth-order valence-corrected chi connectivity index (χ4v) is 1.41. The summed E-state index contributed by atoms with van der Waals surface area (Å²) in [4.78, 5) is 0.190. The van der Waals surface area contributed by atoms with Crippen LogP contribution in [0.4, 0.5) is 13.2 Å². The second kappa shape index (κ2) is 3.59. The van der Waals surface area contributed by atoms with Gasteiger partial charge in [0, 0.05) is 6.07 Å². The third-order valence-electron chi connectivity index (χ3n) is 1.49.